The zero-order valence-corrected chi connectivity index (χ0v) is 12.9. The first-order valence-corrected chi connectivity index (χ1v) is 8.40. The van der Waals surface area contributed by atoms with Crippen molar-refractivity contribution in [1.82, 2.24) is 4.72 Å². The van der Waals surface area contributed by atoms with Gasteiger partial charge in [-0.15, -0.1) is 0 Å². The van der Waals surface area contributed by atoms with Crippen molar-refractivity contribution in [3.8, 4) is 0 Å². The molecule has 0 amide bonds. The van der Waals surface area contributed by atoms with E-state index in [9.17, 15) is 18.3 Å². The van der Waals surface area contributed by atoms with E-state index in [0.717, 1.165) is 12.8 Å². The van der Waals surface area contributed by atoms with Gasteiger partial charge < -0.3 is 10.4 Å². The summed E-state index contributed by atoms with van der Waals surface area (Å²) < 4.78 is 27.1. The van der Waals surface area contributed by atoms with Crippen LogP contribution in [0.25, 0.3) is 0 Å². The van der Waals surface area contributed by atoms with Gasteiger partial charge in [0.25, 0.3) is 0 Å². The van der Waals surface area contributed by atoms with E-state index in [0.29, 0.717) is 5.69 Å². The first kappa shape index (κ1) is 15.8. The number of hydrogen-bond donors (Lipinski definition) is 3. The van der Waals surface area contributed by atoms with Crippen molar-refractivity contribution in [3.63, 3.8) is 0 Å². The van der Waals surface area contributed by atoms with Crippen molar-refractivity contribution < 1.29 is 18.3 Å². The number of carboxylic acids is 1. The summed E-state index contributed by atoms with van der Waals surface area (Å²) in [6, 6.07) is 5.38. The van der Waals surface area contributed by atoms with Crippen LogP contribution in [0.2, 0.25) is 0 Å². The Morgan fingerprint density at radius 3 is 2.43 bits per heavy atom. The molecule has 1 fully saturated rings. The maximum atomic E-state index is 12.3. The van der Waals surface area contributed by atoms with E-state index in [1.54, 1.807) is 32.0 Å². The number of para-hydroxylation sites is 1. The third-order valence-electron chi connectivity index (χ3n) is 3.24. The van der Waals surface area contributed by atoms with E-state index >= 15 is 0 Å². The molecule has 1 aliphatic rings. The lowest BCUT2D eigenvalue weighted by Gasteiger charge is -2.19. The van der Waals surface area contributed by atoms with E-state index in [4.69, 9.17) is 0 Å². The Bertz CT molecular complexity index is 624. The number of sulfonamides is 1. The van der Waals surface area contributed by atoms with Gasteiger partial charge >= 0.3 is 5.97 Å². The highest BCUT2D eigenvalue weighted by Crippen LogP contribution is 2.35. The van der Waals surface area contributed by atoms with E-state index in [1.165, 1.54) is 6.07 Å². The Hall–Kier alpha value is -1.60. The smallest absolute Gasteiger partial charge is 0.326 e. The molecule has 21 heavy (non-hydrogen) atoms. The highest BCUT2D eigenvalue weighted by atomic mass is 32.2. The number of carboxylic acid groups (broad SMARTS) is 1. The molecule has 1 aromatic rings. The molecule has 0 spiro atoms. The fourth-order valence-electron chi connectivity index (χ4n) is 2.17. The molecule has 1 aromatic carbocycles. The standard InChI is InChI=1S/C14H20N2O4S/c1-9(2)16-21(19,20)12-6-4-3-5-11(12)15-13(14(17)18)10-7-8-10/h3-6,9-10,13,15-16H,7-8H2,1-2H3,(H,17,18). The van der Waals surface area contributed by atoms with Crippen LogP contribution >= 0.6 is 0 Å². The second-order valence-corrected chi connectivity index (χ2v) is 7.25. The maximum Gasteiger partial charge on any atom is 0.326 e. The Morgan fingerprint density at radius 1 is 1.29 bits per heavy atom. The third kappa shape index (κ3) is 3.95. The number of nitrogens with one attached hydrogen (secondary N) is 2. The molecule has 2 rings (SSSR count). The van der Waals surface area contributed by atoms with Gasteiger partial charge in [0.15, 0.2) is 0 Å². The van der Waals surface area contributed by atoms with E-state index in [2.05, 4.69) is 10.0 Å². The molecule has 0 heterocycles. The van der Waals surface area contributed by atoms with Crippen molar-refractivity contribution in [2.24, 2.45) is 5.92 Å². The normalized spacial score (nSPS) is 16.7. The van der Waals surface area contributed by atoms with Gasteiger partial charge in [-0.3, -0.25) is 0 Å². The number of carbonyl (C=O) groups is 1. The predicted octanol–water partition coefficient (Wildman–Crippen LogP) is 1.65. The summed E-state index contributed by atoms with van der Waals surface area (Å²) >= 11 is 0. The molecule has 1 aliphatic carbocycles. The van der Waals surface area contributed by atoms with E-state index in [1.807, 2.05) is 0 Å². The molecule has 7 heteroatoms. The summed E-state index contributed by atoms with van der Waals surface area (Å²) in [5, 5.41) is 12.1. The van der Waals surface area contributed by atoms with Crippen LogP contribution in [0.3, 0.4) is 0 Å². The number of rotatable bonds is 7. The lowest BCUT2D eigenvalue weighted by molar-refractivity contribution is -0.138. The molecule has 0 saturated heterocycles. The molecule has 0 aromatic heterocycles. The SMILES string of the molecule is CC(C)NS(=O)(=O)c1ccccc1NC(C(=O)O)C1CC1. The monoisotopic (exact) mass is 312 g/mol. The summed E-state index contributed by atoms with van der Waals surface area (Å²) in [7, 11) is -3.67. The fraction of sp³-hybridized carbons (Fsp3) is 0.500. The van der Waals surface area contributed by atoms with Crippen molar-refractivity contribution >= 4 is 21.7 Å². The molecule has 1 unspecified atom stereocenters. The Morgan fingerprint density at radius 2 is 1.90 bits per heavy atom. The molecule has 0 bridgehead atoms. The molecule has 0 aliphatic heterocycles. The molecular formula is C14H20N2O4S. The first-order valence-electron chi connectivity index (χ1n) is 6.92. The van der Waals surface area contributed by atoms with Crippen LogP contribution in [0.15, 0.2) is 29.2 Å². The summed E-state index contributed by atoms with van der Waals surface area (Å²) in [4.78, 5) is 11.4. The van der Waals surface area contributed by atoms with Crippen LogP contribution in [-0.2, 0) is 14.8 Å². The van der Waals surface area contributed by atoms with Crippen LogP contribution in [0.4, 0.5) is 5.69 Å². The Kier molecular flexibility index (Phi) is 4.53. The quantitative estimate of drug-likeness (QED) is 0.711. The highest BCUT2D eigenvalue weighted by molar-refractivity contribution is 7.89. The van der Waals surface area contributed by atoms with Crippen molar-refractivity contribution in [3.05, 3.63) is 24.3 Å². The second kappa shape index (κ2) is 6.03. The summed E-state index contributed by atoms with van der Waals surface area (Å²) in [6.07, 6.45) is 1.70. The van der Waals surface area contributed by atoms with Crippen LogP contribution in [0.5, 0.6) is 0 Å². The minimum Gasteiger partial charge on any atom is -0.480 e. The summed E-state index contributed by atoms with van der Waals surface area (Å²) in [6.45, 7) is 3.47. The molecular weight excluding hydrogens is 292 g/mol. The van der Waals surface area contributed by atoms with Gasteiger partial charge in [0.2, 0.25) is 10.0 Å². The fourth-order valence-corrected chi connectivity index (χ4v) is 3.59. The largest absolute Gasteiger partial charge is 0.480 e. The Balaban J connectivity index is 2.30. The lowest BCUT2D eigenvalue weighted by atomic mass is 10.1. The summed E-state index contributed by atoms with van der Waals surface area (Å²) in [5.74, 6) is -0.891. The zero-order chi connectivity index (χ0) is 15.6. The average molecular weight is 312 g/mol. The number of aliphatic carboxylic acids is 1. The van der Waals surface area contributed by atoms with Crippen molar-refractivity contribution in [2.45, 2.75) is 43.7 Å². The van der Waals surface area contributed by atoms with Crippen LogP contribution < -0.4 is 10.0 Å². The molecule has 0 radical (unpaired) electrons. The minimum atomic E-state index is -3.67. The number of anilines is 1. The van der Waals surface area contributed by atoms with Gasteiger partial charge in [-0.05, 0) is 44.7 Å². The lowest BCUT2D eigenvalue weighted by Crippen LogP contribution is -2.34. The molecule has 6 nitrogen and oxygen atoms in total. The zero-order valence-electron chi connectivity index (χ0n) is 12.0. The molecule has 1 saturated carbocycles. The summed E-state index contributed by atoms with van der Waals surface area (Å²) in [5.41, 5.74) is 0.324. The third-order valence-corrected chi connectivity index (χ3v) is 4.95. The minimum absolute atomic E-state index is 0.0660. The van der Waals surface area contributed by atoms with Crippen LogP contribution in [0.1, 0.15) is 26.7 Å². The van der Waals surface area contributed by atoms with E-state index in [-0.39, 0.29) is 16.9 Å². The topological polar surface area (TPSA) is 95.5 Å². The van der Waals surface area contributed by atoms with Gasteiger partial charge in [-0.25, -0.2) is 17.9 Å². The van der Waals surface area contributed by atoms with Crippen molar-refractivity contribution in [1.29, 1.82) is 0 Å². The second-order valence-electron chi connectivity index (χ2n) is 5.57. The first-order chi connectivity index (χ1) is 9.81. The molecule has 3 N–H and O–H groups in total. The molecule has 116 valence electrons. The van der Waals surface area contributed by atoms with E-state index < -0.39 is 22.0 Å². The molecule has 1 atom stereocenters. The van der Waals surface area contributed by atoms with Gasteiger partial charge in [-0.1, -0.05) is 12.1 Å². The van der Waals surface area contributed by atoms with Crippen LogP contribution in [-0.4, -0.2) is 31.6 Å². The predicted molar refractivity (Wildman–Crippen MR) is 79.7 cm³/mol. The highest BCUT2D eigenvalue weighted by Gasteiger charge is 2.37. The Labute approximate surface area is 124 Å². The van der Waals surface area contributed by atoms with Gasteiger partial charge in [0, 0.05) is 6.04 Å². The average Bonchev–Trinajstić information content (AvgIpc) is 3.18. The number of hydrogen-bond acceptors (Lipinski definition) is 4. The van der Waals surface area contributed by atoms with Crippen molar-refractivity contribution in [2.75, 3.05) is 5.32 Å². The maximum absolute atomic E-state index is 12.3. The van der Waals surface area contributed by atoms with Gasteiger partial charge in [-0.2, -0.15) is 0 Å². The number of benzene rings is 1. The van der Waals surface area contributed by atoms with Gasteiger partial charge in [0.1, 0.15) is 10.9 Å². The van der Waals surface area contributed by atoms with Gasteiger partial charge in [0.05, 0.1) is 5.69 Å². The van der Waals surface area contributed by atoms with Crippen LogP contribution in [0, 0.1) is 5.92 Å².